The number of aliphatic carboxylic acids is 2. The Balaban J connectivity index is -0.0000000172. The summed E-state index contributed by atoms with van der Waals surface area (Å²) in [5.41, 5.74) is 9.81. The number of aliphatic hydroxyl groups is 1. The van der Waals surface area contributed by atoms with Crippen LogP contribution in [0.25, 0.3) is 0 Å². The number of aliphatic hydroxyl groups excluding tert-OH is 1. The van der Waals surface area contributed by atoms with Crippen molar-refractivity contribution < 1.29 is 45.4 Å². The van der Waals surface area contributed by atoms with Crippen LogP contribution in [0.15, 0.2) is 0 Å². The number of carbonyl (C=O) groups is 3. The first-order chi connectivity index (χ1) is 8.65. The predicted octanol–water partition coefficient (Wildman–Crippen LogP) is -4.97. The average Bonchev–Trinajstić information content (AvgIpc) is 2.25. The van der Waals surface area contributed by atoms with Gasteiger partial charge in [-0.15, -0.1) is 0 Å². The van der Waals surface area contributed by atoms with Gasteiger partial charge in [0.1, 0.15) is 6.61 Å². The summed E-state index contributed by atoms with van der Waals surface area (Å²) >= 11 is 0. The van der Waals surface area contributed by atoms with Gasteiger partial charge in [-0.05, 0) is 0 Å². The van der Waals surface area contributed by atoms with Crippen LogP contribution in [0.1, 0.15) is 20.8 Å². The van der Waals surface area contributed by atoms with E-state index in [2.05, 4.69) is 4.74 Å². The molecule has 11 N–H and O–H groups in total. The number of carbonyl (C=O) groups excluding carboxylic acids is 1. The maximum absolute atomic E-state index is 9.87. The van der Waals surface area contributed by atoms with Crippen LogP contribution in [0.3, 0.4) is 0 Å². The van der Waals surface area contributed by atoms with Crippen LogP contribution in [0, 0.1) is 0 Å². The zero-order valence-electron chi connectivity index (χ0n) is 12.5. The van der Waals surface area contributed by atoms with E-state index in [-0.39, 0.29) is 119 Å². The molecule has 24 heavy (non-hydrogen) atoms. The van der Waals surface area contributed by atoms with Gasteiger partial charge >= 0.3 is 94.6 Å². The molecule has 0 saturated heterocycles. The second kappa shape index (κ2) is 56.4. The van der Waals surface area contributed by atoms with E-state index in [1.807, 2.05) is 0 Å². The number of esters is 1. The summed E-state index contributed by atoms with van der Waals surface area (Å²) in [7, 11) is 0. The van der Waals surface area contributed by atoms with Gasteiger partial charge in [-0.3, -0.25) is 14.4 Å². The van der Waals surface area contributed by atoms with E-state index < -0.39 is 11.9 Å². The fourth-order valence-electron chi connectivity index (χ4n) is 0.189. The van der Waals surface area contributed by atoms with Gasteiger partial charge in [0, 0.05) is 33.9 Å². The van der Waals surface area contributed by atoms with Crippen molar-refractivity contribution in [2.75, 3.05) is 26.3 Å². The molecule has 0 aliphatic heterocycles. The van der Waals surface area contributed by atoms with Crippen LogP contribution in [-0.2, 0) is 19.1 Å². The standard InChI is InChI=1S/C4H8O3.C2H8N2.2C2H4O2.3Na.2H2O.3H/c1-4(6)7-3-2-5;3-1-2-4;2*1-2(3)4;;;;;;;;/h5H,2-3H2,1H3;1-4H2;2*1H3,(H,3,4);;;;2*1H2;;;. The number of hydrogen-bond acceptors (Lipinski definition) is 7. The molecule has 0 aliphatic rings. The summed E-state index contributed by atoms with van der Waals surface area (Å²) in [6.07, 6.45) is 0. The minimum absolute atomic E-state index is 0. The number of rotatable bonds is 3. The minimum atomic E-state index is -0.833. The number of nitrogens with two attached hydrogens (primary N) is 2. The third kappa shape index (κ3) is 297. The van der Waals surface area contributed by atoms with Crippen molar-refractivity contribution in [1.29, 1.82) is 0 Å². The Kier molecular flexibility index (Phi) is 132. The van der Waals surface area contributed by atoms with E-state index in [4.69, 9.17) is 36.4 Å². The summed E-state index contributed by atoms with van der Waals surface area (Å²) < 4.78 is 4.30. The van der Waals surface area contributed by atoms with Crippen LogP contribution in [0.2, 0.25) is 0 Å². The summed E-state index contributed by atoms with van der Waals surface area (Å²) in [6.45, 7) is 4.67. The molecule has 14 heteroatoms. The molecular formula is C10H31N2Na3O9. The summed E-state index contributed by atoms with van der Waals surface area (Å²) in [5.74, 6) is -2.02. The zero-order chi connectivity index (χ0) is 16.3. The molecule has 0 aromatic heterocycles. The third-order valence-electron chi connectivity index (χ3n) is 0.563. The Labute approximate surface area is 208 Å². The van der Waals surface area contributed by atoms with E-state index in [0.29, 0.717) is 13.1 Å². The molecular weight excluding hydrogens is 361 g/mol. The van der Waals surface area contributed by atoms with Gasteiger partial charge in [-0.1, -0.05) is 0 Å². The average molecular weight is 392 g/mol. The van der Waals surface area contributed by atoms with Gasteiger partial charge in [0.2, 0.25) is 0 Å². The monoisotopic (exact) mass is 392 g/mol. The molecule has 0 fully saturated rings. The van der Waals surface area contributed by atoms with E-state index in [0.717, 1.165) is 13.8 Å². The van der Waals surface area contributed by atoms with Gasteiger partial charge in [0.05, 0.1) is 6.61 Å². The van der Waals surface area contributed by atoms with Crippen LogP contribution in [-0.4, -0.2) is 159 Å². The Morgan fingerprint density at radius 2 is 1.04 bits per heavy atom. The summed E-state index contributed by atoms with van der Waals surface area (Å²) in [4.78, 5) is 27.9. The molecule has 138 valence electrons. The second-order valence-corrected chi connectivity index (χ2v) is 2.68. The van der Waals surface area contributed by atoms with Gasteiger partial charge in [-0.2, -0.15) is 0 Å². The topological polar surface area (TPSA) is 236 Å². The molecule has 0 aliphatic carbocycles. The molecule has 0 heterocycles. The van der Waals surface area contributed by atoms with Crippen LogP contribution >= 0.6 is 0 Å². The van der Waals surface area contributed by atoms with Gasteiger partial charge in [0.15, 0.2) is 0 Å². The SMILES string of the molecule is CC(=O)O.CC(=O)O.CC(=O)OCCO.NCCN.O.O.[NaH].[NaH].[NaH]. The van der Waals surface area contributed by atoms with E-state index in [9.17, 15) is 4.79 Å². The van der Waals surface area contributed by atoms with E-state index in [1.165, 1.54) is 6.92 Å². The van der Waals surface area contributed by atoms with Crippen molar-refractivity contribution in [3.63, 3.8) is 0 Å². The first-order valence-electron chi connectivity index (χ1n) is 5.19. The molecule has 0 bridgehead atoms. The number of carboxylic acid groups (broad SMARTS) is 2. The molecule has 11 nitrogen and oxygen atoms in total. The quantitative estimate of drug-likeness (QED) is 0.228. The molecule has 0 amide bonds. The van der Waals surface area contributed by atoms with E-state index in [1.54, 1.807) is 0 Å². The first kappa shape index (κ1) is 56.2. The van der Waals surface area contributed by atoms with Crippen molar-refractivity contribution in [3.8, 4) is 0 Å². The molecule has 0 saturated carbocycles. The molecule has 0 aromatic carbocycles. The fourth-order valence-corrected chi connectivity index (χ4v) is 0.189. The normalized spacial score (nSPS) is 5.75. The predicted molar refractivity (Wildman–Crippen MR) is 97.1 cm³/mol. The van der Waals surface area contributed by atoms with Crippen LogP contribution in [0.4, 0.5) is 0 Å². The Hall–Kier alpha value is 1.21. The van der Waals surface area contributed by atoms with Crippen LogP contribution < -0.4 is 11.5 Å². The third-order valence-corrected chi connectivity index (χ3v) is 0.563. The van der Waals surface area contributed by atoms with Gasteiger partial charge in [-0.25, -0.2) is 0 Å². The number of ether oxygens (including phenoxy) is 1. The van der Waals surface area contributed by atoms with Crippen molar-refractivity contribution >= 4 is 107 Å². The Bertz CT molecular complexity index is 216. The van der Waals surface area contributed by atoms with Crippen LogP contribution in [0.5, 0.6) is 0 Å². The molecule has 0 aromatic rings. The van der Waals surface area contributed by atoms with Gasteiger partial charge in [0.25, 0.3) is 11.9 Å². The Morgan fingerprint density at radius 1 is 0.833 bits per heavy atom. The van der Waals surface area contributed by atoms with Crippen molar-refractivity contribution in [3.05, 3.63) is 0 Å². The fraction of sp³-hybridized carbons (Fsp3) is 0.700. The molecule has 0 atom stereocenters. The first-order valence-corrected chi connectivity index (χ1v) is 5.19. The van der Waals surface area contributed by atoms with Crippen molar-refractivity contribution in [2.24, 2.45) is 11.5 Å². The maximum atomic E-state index is 9.87. The number of carboxylic acids is 2. The van der Waals surface area contributed by atoms with E-state index >= 15 is 0 Å². The van der Waals surface area contributed by atoms with Crippen molar-refractivity contribution in [2.45, 2.75) is 20.8 Å². The molecule has 0 spiro atoms. The van der Waals surface area contributed by atoms with Gasteiger partial charge < -0.3 is 42.5 Å². The Morgan fingerprint density at radius 3 is 1.08 bits per heavy atom. The molecule has 0 radical (unpaired) electrons. The molecule has 0 rings (SSSR count). The van der Waals surface area contributed by atoms with Crippen molar-refractivity contribution in [1.82, 2.24) is 0 Å². The summed E-state index contributed by atoms with van der Waals surface area (Å²) in [5, 5.41) is 22.9. The zero-order valence-corrected chi connectivity index (χ0v) is 12.5. The molecule has 0 unspecified atom stereocenters. The second-order valence-electron chi connectivity index (χ2n) is 2.68. The summed E-state index contributed by atoms with van der Waals surface area (Å²) in [6, 6.07) is 0. The number of hydrogen-bond donors (Lipinski definition) is 5.